The van der Waals surface area contributed by atoms with E-state index in [0.717, 1.165) is 5.57 Å². The van der Waals surface area contributed by atoms with Gasteiger partial charge in [0.15, 0.2) is 5.78 Å². The molecule has 1 fully saturated rings. The van der Waals surface area contributed by atoms with Crippen LogP contribution >= 0.6 is 0 Å². The summed E-state index contributed by atoms with van der Waals surface area (Å²) in [5.41, 5.74) is 0.923. The lowest BCUT2D eigenvalue weighted by molar-refractivity contribution is -0.140. The van der Waals surface area contributed by atoms with Crippen LogP contribution in [0.4, 0.5) is 4.79 Å². The smallest absolute Gasteiger partial charge is 0.410 e. The predicted octanol–water partition coefficient (Wildman–Crippen LogP) is 2.47. The Morgan fingerprint density at radius 1 is 1.56 bits per heavy atom. The third kappa shape index (κ3) is 2.70. The summed E-state index contributed by atoms with van der Waals surface area (Å²) >= 11 is 0. The first-order chi connectivity index (χ1) is 8.56. The van der Waals surface area contributed by atoms with Crippen LogP contribution in [0, 0.1) is 0 Å². The maximum atomic E-state index is 11.8. The Morgan fingerprint density at radius 3 is 2.72 bits per heavy atom. The second kappa shape index (κ2) is 6.19. The van der Waals surface area contributed by atoms with Crippen LogP contribution in [0.1, 0.15) is 20.3 Å². The van der Waals surface area contributed by atoms with Gasteiger partial charge in [0.05, 0.1) is 13.2 Å². The summed E-state index contributed by atoms with van der Waals surface area (Å²) in [5, 5.41) is 0. The molecule has 0 N–H and O–H groups in total. The molecule has 0 aromatic carbocycles. The minimum absolute atomic E-state index is 0.0635. The maximum absolute atomic E-state index is 11.8. The van der Waals surface area contributed by atoms with Gasteiger partial charge < -0.3 is 4.74 Å². The van der Waals surface area contributed by atoms with Crippen molar-refractivity contribution in [3.8, 4) is 0 Å². The van der Waals surface area contributed by atoms with Gasteiger partial charge in [-0.15, -0.1) is 0 Å². The molecule has 1 rings (SSSR count). The average molecular weight is 249 g/mol. The van der Waals surface area contributed by atoms with E-state index in [2.05, 4.69) is 11.3 Å². The number of methoxy groups -OCH3 is 1. The van der Waals surface area contributed by atoms with Gasteiger partial charge in [0.2, 0.25) is 0 Å². The minimum Gasteiger partial charge on any atom is -0.453 e. The Bertz CT molecular complexity index is 409. The first kappa shape index (κ1) is 14.2. The number of allylic oxidation sites excluding steroid dienone is 4. The SMILES string of the molecule is C=C/C(=C\C=C/C)C[C@H]1C(=O)C(C)N1C(=O)OC. The number of rotatable bonds is 4. The molecule has 1 aliphatic rings. The molecule has 0 bridgehead atoms. The monoisotopic (exact) mass is 249 g/mol. The number of nitrogens with zero attached hydrogens (tertiary/aromatic N) is 1. The van der Waals surface area contributed by atoms with E-state index in [1.165, 1.54) is 12.0 Å². The van der Waals surface area contributed by atoms with E-state index in [4.69, 9.17) is 0 Å². The van der Waals surface area contributed by atoms with E-state index in [-0.39, 0.29) is 5.78 Å². The Labute approximate surface area is 108 Å². The van der Waals surface area contributed by atoms with Crippen molar-refractivity contribution < 1.29 is 14.3 Å². The molecular formula is C14H19NO3. The van der Waals surface area contributed by atoms with Crippen molar-refractivity contribution in [1.82, 2.24) is 4.90 Å². The first-order valence-corrected chi connectivity index (χ1v) is 5.91. The molecule has 0 saturated carbocycles. The van der Waals surface area contributed by atoms with Crippen LogP contribution < -0.4 is 0 Å². The fourth-order valence-corrected chi connectivity index (χ4v) is 1.99. The zero-order valence-electron chi connectivity index (χ0n) is 11.1. The lowest BCUT2D eigenvalue weighted by Crippen LogP contribution is -2.65. The molecule has 1 amide bonds. The molecule has 98 valence electrons. The van der Waals surface area contributed by atoms with E-state index in [1.807, 2.05) is 25.2 Å². The van der Waals surface area contributed by atoms with Crippen LogP contribution in [-0.2, 0) is 9.53 Å². The highest BCUT2D eigenvalue weighted by atomic mass is 16.5. The molecule has 2 atom stereocenters. The molecule has 1 aliphatic heterocycles. The van der Waals surface area contributed by atoms with Gasteiger partial charge in [0.25, 0.3) is 0 Å². The van der Waals surface area contributed by atoms with Gasteiger partial charge in [0.1, 0.15) is 6.04 Å². The summed E-state index contributed by atoms with van der Waals surface area (Å²) in [4.78, 5) is 24.8. The molecule has 1 unspecified atom stereocenters. The number of Topliss-reactive ketones (excluding diaryl/α,β-unsaturated/α-hetero) is 1. The summed E-state index contributed by atoms with van der Waals surface area (Å²) in [6.45, 7) is 7.33. The van der Waals surface area contributed by atoms with Crippen molar-refractivity contribution in [1.29, 1.82) is 0 Å². The van der Waals surface area contributed by atoms with Gasteiger partial charge in [-0.1, -0.05) is 30.9 Å². The second-order valence-corrected chi connectivity index (χ2v) is 4.15. The summed E-state index contributed by atoms with van der Waals surface area (Å²) in [6.07, 6.45) is 7.39. The molecule has 0 aromatic heterocycles. The average Bonchev–Trinajstić information content (AvgIpc) is 2.40. The predicted molar refractivity (Wildman–Crippen MR) is 70.2 cm³/mol. The van der Waals surface area contributed by atoms with Gasteiger partial charge in [-0.25, -0.2) is 4.79 Å². The van der Waals surface area contributed by atoms with E-state index < -0.39 is 18.2 Å². The van der Waals surface area contributed by atoms with Crippen molar-refractivity contribution in [3.05, 3.63) is 36.5 Å². The van der Waals surface area contributed by atoms with E-state index >= 15 is 0 Å². The number of ether oxygens (including phenoxy) is 1. The van der Waals surface area contributed by atoms with E-state index in [1.54, 1.807) is 13.0 Å². The second-order valence-electron chi connectivity index (χ2n) is 4.15. The van der Waals surface area contributed by atoms with Gasteiger partial charge in [0, 0.05) is 6.42 Å². The number of ketones is 1. The van der Waals surface area contributed by atoms with Gasteiger partial charge in [-0.3, -0.25) is 9.69 Å². The normalized spacial score (nSPS) is 24.1. The number of hydrogen-bond acceptors (Lipinski definition) is 3. The van der Waals surface area contributed by atoms with Crippen molar-refractivity contribution in [2.24, 2.45) is 0 Å². The third-order valence-electron chi connectivity index (χ3n) is 3.07. The van der Waals surface area contributed by atoms with Crippen LogP contribution in [0.15, 0.2) is 36.5 Å². The van der Waals surface area contributed by atoms with E-state index in [0.29, 0.717) is 6.42 Å². The number of hydrogen-bond donors (Lipinski definition) is 0. The molecule has 0 aromatic rings. The van der Waals surface area contributed by atoms with Crippen LogP contribution in [0.2, 0.25) is 0 Å². The topological polar surface area (TPSA) is 46.6 Å². The van der Waals surface area contributed by atoms with Gasteiger partial charge >= 0.3 is 6.09 Å². The largest absolute Gasteiger partial charge is 0.453 e. The molecular weight excluding hydrogens is 230 g/mol. The Kier molecular flexibility index (Phi) is 4.89. The Hall–Kier alpha value is -1.84. The van der Waals surface area contributed by atoms with Crippen molar-refractivity contribution >= 4 is 11.9 Å². The van der Waals surface area contributed by atoms with Gasteiger partial charge in [-0.05, 0) is 19.4 Å². The zero-order chi connectivity index (χ0) is 13.7. The molecule has 18 heavy (non-hydrogen) atoms. The number of likely N-dealkylation sites (tertiary alicyclic amines) is 1. The number of amides is 1. The summed E-state index contributed by atoms with van der Waals surface area (Å²) in [6, 6.07) is -0.822. The highest BCUT2D eigenvalue weighted by Crippen LogP contribution is 2.28. The lowest BCUT2D eigenvalue weighted by Gasteiger charge is -2.44. The lowest BCUT2D eigenvalue weighted by atomic mass is 9.87. The molecule has 1 heterocycles. The minimum atomic E-state index is -0.457. The van der Waals surface area contributed by atoms with E-state index in [9.17, 15) is 9.59 Å². The Morgan fingerprint density at radius 2 is 2.22 bits per heavy atom. The summed E-state index contributed by atoms with van der Waals surface area (Å²) in [5.74, 6) is 0.0635. The van der Waals surface area contributed by atoms with Crippen LogP contribution in [0.3, 0.4) is 0 Å². The van der Waals surface area contributed by atoms with Crippen molar-refractivity contribution in [2.75, 3.05) is 7.11 Å². The van der Waals surface area contributed by atoms with Crippen LogP contribution in [-0.4, -0.2) is 36.0 Å². The molecule has 0 aliphatic carbocycles. The Balaban J connectivity index is 2.79. The van der Waals surface area contributed by atoms with Crippen molar-refractivity contribution in [2.45, 2.75) is 32.4 Å². The van der Waals surface area contributed by atoms with Gasteiger partial charge in [-0.2, -0.15) is 0 Å². The zero-order valence-corrected chi connectivity index (χ0v) is 11.1. The van der Waals surface area contributed by atoms with Crippen molar-refractivity contribution in [3.63, 3.8) is 0 Å². The molecule has 4 heteroatoms. The maximum Gasteiger partial charge on any atom is 0.410 e. The standard InChI is InChI=1S/C14H19NO3/c1-5-7-8-11(6-2)9-12-13(16)10(3)15(12)14(17)18-4/h5-8,10,12H,2,9H2,1,3-4H3/b7-5-,11-8+/t10?,12-/m0/s1. The molecule has 1 saturated heterocycles. The fraction of sp³-hybridized carbons (Fsp3) is 0.429. The summed E-state index contributed by atoms with van der Waals surface area (Å²) in [7, 11) is 1.32. The highest BCUT2D eigenvalue weighted by Gasteiger charge is 2.47. The fourth-order valence-electron chi connectivity index (χ4n) is 1.99. The third-order valence-corrected chi connectivity index (χ3v) is 3.07. The summed E-state index contributed by atoms with van der Waals surface area (Å²) < 4.78 is 4.67. The molecule has 0 radical (unpaired) electrons. The first-order valence-electron chi connectivity index (χ1n) is 5.91. The quantitative estimate of drug-likeness (QED) is 0.719. The molecule has 0 spiro atoms. The number of carbonyl (C=O) groups is 2. The van der Waals surface area contributed by atoms with Crippen LogP contribution in [0.25, 0.3) is 0 Å². The number of carbonyl (C=O) groups excluding carboxylic acids is 2. The molecule has 4 nitrogen and oxygen atoms in total. The van der Waals surface area contributed by atoms with Crippen LogP contribution in [0.5, 0.6) is 0 Å². The highest BCUT2D eigenvalue weighted by molar-refractivity contribution is 6.00.